The highest BCUT2D eigenvalue weighted by Crippen LogP contribution is 2.38. The predicted octanol–water partition coefficient (Wildman–Crippen LogP) is 3.05. The smallest absolute Gasteiger partial charge is 0.270 e. The minimum Gasteiger partial charge on any atom is -0.475 e. The number of hydrogen-bond acceptors (Lipinski definition) is 8. The number of ketones is 1. The quantitative estimate of drug-likeness (QED) is 0.523. The summed E-state index contributed by atoms with van der Waals surface area (Å²) in [5.41, 5.74) is 0.932. The molecule has 4 rings (SSSR count). The first-order valence-corrected chi connectivity index (χ1v) is 11.7. The van der Waals surface area contributed by atoms with Crippen LogP contribution in [0.15, 0.2) is 47.2 Å². The fraction of sp³-hybridized carbons (Fsp3) is 0.273. The van der Waals surface area contributed by atoms with Gasteiger partial charge in [0.05, 0.1) is 17.0 Å². The number of hydrogen-bond donors (Lipinski definition) is 2. The Labute approximate surface area is 192 Å². The number of para-hydroxylation sites is 1. The van der Waals surface area contributed by atoms with E-state index in [1.54, 1.807) is 54.1 Å². The van der Waals surface area contributed by atoms with Gasteiger partial charge >= 0.3 is 0 Å². The molecule has 166 valence electrons. The predicted molar refractivity (Wildman–Crippen MR) is 122 cm³/mol. The molecule has 8 nitrogen and oxygen atoms in total. The molecule has 0 spiro atoms. The Balaban J connectivity index is 1.54. The van der Waals surface area contributed by atoms with Crippen molar-refractivity contribution in [3.63, 3.8) is 0 Å². The van der Waals surface area contributed by atoms with Crippen molar-refractivity contribution in [2.75, 3.05) is 18.1 Å². The van der Waals surface area contributed by atoms with Gasteiger partial charge in [0.2, 0.25) is 17.8 Å². The Hall–Kier alpha value is -3.08. The maximum atomic E-state index is 13.1. The number of anilines is 1. The van der Waals surface area contributed by atoms with Crippen LogP contribution in [0.1, 0.15) is 45.2 Å². The van der Waals surface area contributed by atoms with Crippen molar-refractivity contribution in [2.24, 2.45) is 0 Å². The SMILES string of the molecule is CC(CO)NC(=O)CCN(C(=O)c1cccs1)c1nc(C2Oc3ccccc3C2=O)cs1. The number of nitrogens with one attached hydrogen (secondary N) is 1. The average Bonchev–Trinajstić information content (AvgIpc) is 3.54. The molecule has 3 aromatic rings. The summed E-state index contributed by atoms with van der Waals surface area (Å²) >= 11 is 2.52. The highest BCUT2D eigenvalue weighted by atomic mass is 32.1. The van der Waals surface area contributed by atoms with Crippen molar-refractivity contribution >= 4 is 45.4 Å². The number of aromatic nitrogens is 1. The Morgan fingerprint density at radius 3 is 2.78 bits per heavy atom. The maximum Gasteiger partial charge on any atom is 0.270 e. The van der Waals surface area contributed by atoms with Gasteiger partial charge in [-0.3, -0.25) is 19.3 Å². The fourth-order valence-electron chi connectivity index (χ4n) is 3.23. The number of ether oxygens (including phenoxy) is 1. The number of nitrogens with zero attached hydrogens (tertiary/aromatic N) is 2. The summed E-state index contributed by atoms with van der Waals surface area (Å²) in [7, 11) is 0. The van der Waals surface area contributed by atoms with E-state index in [0.29, 0.717) is 27.0 Å². The second-order valence-electron chi connectivity index (χ2n) is 7.25. The average molecular weight is 472 g/mol. The number of rotatable bonds is 8. The molecular formula is C22H21N3O5S2. The summed E-state index contributed by atoms with van der Waals surface area (Å²) in [6, 6.07) is 10.1. The Morgan fingerprint density at radius 1 is 1.25 bits per heavy atom. The molecular weight excluding hydrogens is 450 g/mol. The van der Waals surface area contributed by atoms with Gasteiger partial charge in [-0.05, 0) is 30.5 Å². The van der Waals surface area contributed by atoms with Crippen LogP contribution in [-0.2, 0) is 4.79 Å². The Morgan fingerprint density at radius 2 is 2.06 bits per heavy atom. The summed E-state index contributed by atoms with van der Waals surface area (Å²) in [5, 5.41) is 15.7. The molecule has 1 aromatic carbocycles. The van der Waals surface area contributed by atoms with Crippen LogP contribution in [0, 0.1) is 0 Å². The normalized spacial score (nSPS) is 15.7. The number of benzene rings is 1. The van der Waals surface area contributed by atoms with Crippen LogP contribution in [0.3, 0.4) is 0 Å². The number of fused-ring (bicyclic) bond motifs is 1. The summed E-state index contributed by atoms with van der Waals surface area (Å²) in [6.45, 7) is 1.63. The van der Waals surface area contributed by atoms with E-state index in [1.807, 2.05) is 0 Å². The minimum absolute atomic E-state index is 0.0423. The number of carbonyl (C=O) groups is 3. The van der Waals surface area contributed by atoms with Gasteiger partial charge in [0.25, 0.3) is 5.91 Å². The van der Waals surface area contributed by atoms with Crippen molar-refractivity contribution in [3.8, 4) is 5.75 Å². The van der Waals surface area contributed by atoms with Crippen LogP contribution in [0.4, 0.5) is 5.13 Å². The van der Waals surface area contributed by atoms with E-state index in [1.165, 1.54) is 27.6 Å². The lowest BCUT2D eigenvalue weighted by Gasteiger charge is -2.20. The third kappa shape index (κ3) is 4.57. The number of aliphatic hydroxyl groups excluding tert-OH is 1. The molecule has 32 heavy (non-hydrogen) atoms. The zero-order chi connectivity index (χ0) is 22.7. The highest BCUT2D eigenvalue weighted by Gasteiger charge is 2.35. The topological polar surface area (TPSA) is 109 Å². The van der Waals surface area contributed by atoms with Crippen LogP contribution >= 0.6 is 22.7 Å². The Kier molecular flexibility index (Phi) is 6.63. The summed E-state index contributed by atoms with van der Waals surface area (Å²) in [6.07, 6.45) is -0.814. The molecule has 1 aliphatic rings. The highest BCUT2D eigenvalue weighted by molar-refractivity contribution is 7.14. The number of aliphatic hydroxyl groups is 1. The van der Waals surface area contributed by atoms with Gasteiger partial charge in [-0.15, -0.1) is 22.7 Å². The molecule has 2 atom stereocenters. The first-order valence-electron chi connectivity index (χ1n) is 9.99. The van der Waals surface area contributed by atoms with Gasteiger partial charge in [0, 0.05) is 24.4 Å². The molecule has 10 heteroatoms. The van der Waals surface area contributed by atoms with E-state index in [0.717, 1.165) is 0 Å². The summed E-state index contributed by atoms with van der Waals surface area (Å²) in [4.78, 5) is 44.5. The number of Topliss-reactive ketones (excluding diaryl/α,β-unsaturated/α-hetero) is 1. The second-order valence-corrected chi connectivity index (χ2v) is 9.03. The molecule has 0 saturated heterocycles. The van der Waals surface area contributed by atoms with Gasteiger partial charge < -0.3 is 15.2 Å². The van der Waals surface area contributed by atoms with Crippen molar-refractivity contribution < 1.29 is 24.2 Å². The summed E-state index contributed by atoms with van der Waals surface area (Å²) < 4.78 is 5.79. The molecule has 0 fully saturated rings. The molecule has 2 N–H and O–H groups in total. The van der Waals surface area contributed by atoms with E-state index < -0.39 is 6.10 Å². The third-order valence-electron chi connectivity index (χ3n) is 4.87. The van der Waals surface area contributed by atoms with E-state index in [-0.39, 0.29) is 43.2 Å². The van der Waals surface area contributed by atoms with Gasteiger partial charge in [-0.1, -0.05) is 18.2 Å². The lowest BCUT2D eigenvalue weighted by Crippen LogP contribution is -2.39. The zero-order valence-corrected chi connectivity index (χ0v) is 18.8. The molecule has 2 aromatic heterocycles. The lowest BCUT2D eigenvalue weighted by atomic mass is 10.1. The van der Waals surface area contributed by atoms with Crippen molar-refractivity contribution in [1.29, 1.82) is 0 Å². The first kappa shape index (κ1) is 22.1. The lowest BCUT2D eigenvalue weighted by molar-refractivity contribution is -0.121. The monoisotopic (exact) mass is 471 g/mol. The number of thiophene rings is 1. The summed E-state index contributed by atoms with van der Waals surface area (Å²) in [5.74, 6) is -0.216. The van der Waals surface area contributed by atoms with Gasteiger partial charge in [0.15, 0.2) is 5.13 Å². The van der Waals surface area contributed by atoms with E-state index >= 15 is 0 Å². The maximum absolute atomic E-state index is 13.1. The zero-order valence-electron chi connectivity index (χ0n) is 17.2. The second kappa shape index (κ2) is 9.60. The van der Waals surface area contributed by atoms with Gasteiger partial charge in [-0.25, -0.2) is 4.98 Å². The standard InChI is InChI=1S/C22H21N3O5S2/c1-13(11-26)23-18(27)8-9-25(21(29)17-7-4-10-31-17)22-24-15(12-32-22)20-19(28)14-5-2-3-6-16(14)30-20/h2-7,10,12-13,20,26H,8-9,11H2,1H3,(H,23,27). The molecule has 3 heterocycles. The van der Waals surface area contributed by atoms with Crippen LogP contribution in [-0.4, -0.2) is 46.9 Å². The van der Waals surface area contributed by atoms with Crippen LogP contribution in [0.5, 0.6) is 5.75 Å². The van der Waals surface area contributed by atoms with Crippen LogP contribution in [0.2, 0.25) is 0 Å². The van der Waals surface area contributed by atoms with Crippen molar-refractivity contribution in [1.82, 2.24) is 10.3 Å². The molecule has 0 aliphatic carbocycles. The van der Waals surface area contributed by atoms with E-state index in [2.05, 4.69) is 10.3 Å². The largest absolute Gasteiger partial charge is 0.475 e. The molecule has 1 aliphatic heterocycles. The number of carbonyl (C=O) groups excluding carboxylic acids is 3. The van der Waals surface area contributed by atoms with Gasteiger partial charge in [0.1, 0.15) is 11.4 Å². The fourth-order valence-corrected chi connectivity index (χ4v) is 4.77. The third-order valence-corrected chi connectivity index (χ3v) is 6.61. The van der Waals surface area contributed by atoms with Gasteiger partial charge in [-0.2, -0.15) is 0 Å². The molecule has 0 saturated carbocycles. The minimum atomic E-state index is -0.857. The molecule has 2 unspecified atom stereocenters. The molecule has 0 radical (unpaired) electrons. The number of thiazole rings is 1. The van der Waals surface area contributed by atoms with Crippen LogP contribution in [0.25, 0.3) is 0 Å². The van der Waals surface area contributed by atoms with E-state index in [4.69, 9.17) is 9.84 Å². The van der Waals surface area contributed by atoms with Crippen molar-refractivity contribution in [2.45, 2.75) is 25.5 Å². The molecule has 0 bridgehead atoms. The van der Waals surface area contributed by atoms with Crippen molar-refractivity contribution in [3.05, 3.63) is 63.3 Å². The van der Waals surface area contributed by atoms with Crippen LogP contribution < -0.4 is 15.0 Å². The Bertz CT molecular complexity index is 1130. The molecule has 2 amide bonds. The first-order chi connectivity index (χ1) is 15.5. The van der Waals surface area contributed by atoms with E-state index in [9.17, 15) is 14.4 Å². The number of amides is 2.